The number of aliphatic carboxylic acids is 1. The minimum Gasteiger partial charge on any atom is -0.480 e. The number of carbonyl (C=O) groups is 3. The Morgan fingerprint density at radius 1 is 1.05 bits per heavy atom. The molecule has 1 saturated heterocycles. The van der Waals surface area contributed by atoms with Crippen LogP contribution in [0.2, 0.25) is 0 Å². The average Bonchev–Trinajstić information content (AvgIpc) is 3.35. The van der Waals surface area contributed by atoms with E-state index in [4.69, 9.17) is 9.47 Å². The molecule has 1 heterocycles. The van der Waals surface area contributed by atoms with Gasteiger partial charge >= 0.3 is 12.1 Å². The van der Waals surface area contributed by atoms with Crippen molar-refractivity contribution in [2.75, 3.05) is 6.54 Å². The van der Waals surface area contributed by atoms with Crippen LogP contribution in [0.15, 0.2) is 53.0 Å². The zero-order valence-electron chi connectivity index (χ0n) is 23.4. The predicted octanol–water partition coefficient (Wildman–Crippen LogP) is 6.16. The lowest BCUT2D eigenvalue weighted by Crippen LogP contribution is -2.55. The predicted molar refractivity (Wildman–Crippen MR) is 156 cm³/mol. The van der Waals surface area contributed by atoms with E-state index in [9.17, 15) is 19.5 Å². The number of ether oxygens (including phenoxy) is 2. The molecule has 2 fully saturated rings. The number of likely N-dealkylation sites (tertiary alicyclic amines) is 1. The van der Waals surface area contributed by atoms with E-state index in [2.05, 4.69) is 27.3 Å². The molecule has 2 aromatic rings. The van der Waals surface area contributed by atoms with Crippen molar-refractivity contribution in [2.24, 2.45) is 5.92 Å². The van der Waals surface area contributed by atoms with Gasteiger partial charge in [-0.1, -0.05) is 65.5 Å². The second kappa shape index (κ2) is 13.2. The van der Waals surface area contributed by atoms with Gasteiger partial charge in [-0.2, -0.15) is 0 Å². The van der Waals surface area contributed by atoms with Gasteiger partial charge in [-0.05, 0) is 74.4 Å². The molecule has 40 heavy (non-hydrogen) atoms. The highest BCUT2D eigenvalue weighted by molar-refractivity contribution is 9.10. The van der Waals surface area contributed by atoms with E-state index in [1.54, 1.807) is 20.8 Å². The van der Waals surface area contributed by atoms with Crippen LogP contribution in [-0.4, -0.2) is 58.3 Å². The Morgan fingerprint density at radius 3 is 2.38 bits per heavy atom. The summed E-state index contributed by atoms with van der Waals surface area (Å²) >= 11 is 3.51. The van der Waals surface area contributed by atoms with Gasteiger partial charge in [0.2, 0.25) is 5.91 Å². The second-order valence-electron chi connectivity index (χ2n) is 11.7. The zero-order chi connectivity index (χ0) is 28.9. The number of carboxylic acids is 1. The van der Waals surface area contributed by atoms with Crippen molar-refractivity contribution in [1.82, 2.24) is 10.2 Å². The number of alkyl carbamates (subject to hydrolysis) is 1. The summed E-state index contributed by atoms with van der Waals surface area (Å²) in [5, 5.41) is 12.8. The Kier molecular flexibility index (Phi) is 9.90. The Bertz CT molecular complexity index is 1210. The molecule has 216 valence electrons. The van der Waals surface area contributed by atoms with Crippen LogP contribution in [0.5, 0.6) is 0 Å². The summed E-state index contributed by atoms with van der Waals surface area (Å²) < 4.78 is 12.6. The molecule has 2 N–H and O–H groups in total. The molecule has 0 bridgehead atoms. The molecule has 2 aliphatic rings. The third-order valence-electron chi connectivity index (χ3n) is 7.46. The number of carboxylic acid groups (broad SMARTS) is 1. The fraction of sp³-hybridized carbons (Fsp3) is 0.516. The summed E-state index contributed by atoms with van der Waals surface area (Å²) in [4.78, 5) is 40.1. The Hall–Kier alpha value is -2.91. The molecule has 0 aromatic heterocycles. The number of benzene rings is 2. The van der Waals surface area contributed by atoms with E-state index in [1.807, 2.05) is 42.5 Å². The molecule has 3 atom stereocenters. The summed E-state index contributed by atoms with van der Waals surface area (Å²) in [5.74, 6) is -1.52. The fourth-order valence-corrected chi connectivity index (χ4v) is 5.98. The van der Waals surface area contributed by atoms with Gasteiger partial charge in [0.05, 0.1) is 12.7 Å². The van der Waals surface area contributed by atoms with E-state index >= 15 is 0 Å². The molecule has 9 heteroatoms. The number of hydrogen-bond donors (Lipinski definition) is 2. The molecule has 0 unspecified atom stereocenters. The maximum absolute atomic E-state index is 13.8. The summed E-state index contributed by atoms with van der Waals surface area (Å²) in [6.45, 7) is 5.74. The van der Waals surface area contributed by atoms with Crippen LogP contribution in [0.3, 0.4) is 0 Å². The molecule has 1 aliphatic heterocycles. The Morgan fingerprint density at radius 2 is 1.73 bits per heavy atom. The van der Waals surface area contributed by atoms with Crippen molar-refractivity contribution in [1.29, 1.82) is 0 Å². The van der Waals surface area contributed by atoms with Crippen LogP contribution >= 0.6 is 15.9 Å². The number of hydrogen-bond acceptors (Lipinski definition) is 5. The maximum atomic E-state index is 13.8. The first-order valence-corrected chi connectivity index (χ1v) is 14.8. The first-order valence-electron chi connectivity index (χ1n) is 14.0. The maximum Gasteiger partial charge on any atom is 0.408 e. The number of carbonyl (C=O) groups excluding carboxylic acids is 2. The minimum absolute atomic E-state index is 0.0658. The number of halogens is 1. The fourth-order valence-electron chi connectivity index (χ4n) is 5.58. The zero-order valence-corrected chi connectivity index (χ0v) is 25.0. The monoisotopic (exact) mass is 614 g/mol. The van der Waals surface area contributed by atoms with E-state index in [0.29, 0.717) is 6.61 Å². The van der Waals surface area contributed by atoms with Crippen LogP contribution in [0.25, 0.3) is 11.1 Å². The van der Waals surface area contributed by atoms with Crippen LogP contribution < -0.4 is 5.32 Å². The van der Waals surface area contributed by atoms with Gasteiger partial charge in [0, 0.05) is 17.4 Å². The lowest BCUT2D eigenvalue weighted by molar-refractivity contribution is -0.149. The van der Waals surface area contributed by atoms with Gasteiger partial charge in [-0.15, -0.1) is 0 Å². The van der Waals surface area contributed by atoms with Crippen LogP contribution in [0, 0.1) is 5.92 Å². The third-order valence-corrected chi connectivity index (χ3v) is 7.95. The van der Waals surface area contributed by atoms with Gasteiger partial charge in [0.1, 0.15) is 17.7 Å². The highest BCUT2D eigenvalue weighted by Gasteiger charge is 2.44. The number of amides is 2. The Labute approximate surface area is 244 Å². The number of nitrogens with zero attached hydrogens (tertiary/aromatic N) is 1. The third kappa shape index (κ3) is 8.07. The smallest absolute Gasteiger partial charge is 0.408 e. The first-order chi connectivity index (χ1) is 19.0. The SMILES string of the molecule is CC(C)(C)OC(=O)N[C@H](C(=O)N1C[C@H](OCc2cccc(-c3cccc(Br)c3)c2)C[C@H]1C(=O)O)C1CCCCC1. The van der Waals surface area contributed by atoms with Crippen LogP contribution in [0.1, 0.15) is 64.9 Å². The van der Waals surface area contributed by atoms with Crippen molar-refractivity contribution in [3.8, 4) is 11.1 Å². The quantitative estimate of drug-likeness (QED) is 0.369. The molecule has 1 aliphatic carbocycles. The van der Waals surface area contributed by atoms with Gasteiger partial charge in [-0.25, -0.2) is 9.59 Å². The van der Waals surface area contributed by atoms with Crippen LogP contribution in [-0.2, 0) is 25.7 Å². The summed E-state index contributed by atoms with van der Waals surface area (Å²) in [5.41, 5.74) is 2.37. The lowest BCUT2D eigenvalue weighted by Gasteiger charge is -2.34. The molecule has 2 amide bonds. The largest absolute Gasteiger partial charge is 0.480 e. The van der Waals surface area contributed by atoms with E-state index in [0.717, 1.165) is 53.3 Å². The molecular formula is C31H39BrN2O6. The molecule has 1 saturated carbocycles. The lowest BCUT2D eigenvalue weighted by atomic mass is 9.83. The summed E-state index contributed by atoms with van der Waals surface area (Å²) in [6.07, 6.45) is 3.71. The summed E-state index contributed by atoms with van der Waals surface area (Å²) in [7, 11) is 0. The average molecular weight is 616 g/mol. The van der Waals surface area contributed by atoms with Crippen molar-refractivity contribution in [3.05, 3.63) is 58.6 Å². The van der Waals surface area contributed by atoms with Gasteiger partial charge in [-0.3, -0.25) is 4.79 Å². The standard InChI is InChI=1S/C31H39BrN2O6/c1-31(2,3)40-30(38)33-27(21-10-5-4-6-11-21)28(35)34-18-25(17-26(34)29(36)37)39-19-20-9-7-12-22(15-20)23-13-8-14-24(32)16-23/h7-9,12-16,21,25-27H,4-6,10-11,17-19H2,1-3H3,(H,33,38)(H,36,37)/t25-,26+,27+/m1/s1. The van der Waals surface area contributed by atoms with Gasteiger partial charge in [0.15, 0.2) is 0 Å². The second-order valence-corrected chi connectivity index (χ2v) is 12.7. The van der Waals surface area contributed by atoms with Gasteiger partial charge in [0.25, 0.3) is 0 Å². The molecule has 4 rings (SSSR count). The molecule has 0 spiro atoms. The first kappa shape index (κ1) is 30.1. The van der Waals surface area contributed by atoms with Crippen molar-refractivity contribution in [2.45, 2.75) is 89.7 Å². The molecule has 2 aromatic carbocycles. The topological polar surface area (TPSA) is 105 Å². The summed E-state index contributed by atoms with van der Waals surface area (Å²) in [6, 6.07) is 14.2. The highest BCUT2D eigenvalue weighted by atomic mass is 79.9. The van der Waals surface area contributed by atoms with Gasteiger partial charge < -0.3 is 24.8 Å². The Balaban J connectivity index is 1.45. The van der Waals surface area contributed by atoms with Crippen LogP contribution in [0.4, 0.5) is 4.79 Å². The van der Waals surface area contributed by atoms with Crippen molar-refractivity contribution < 1.29 is 29.0 Å². The normalized spacial score (nSPS) is 20.6. The minimum atomic E-state index is -1.07. The van der Waals surface area contributed by atoms with E-state index < -0.39 is 35.9 Å². The van der Waals surface area contributed by atoms with E-state index in [-0.39, 0.29) is 24.8 Å². The number of rotatable bonds is 8. The van der Waals surface area contributed by atoms with Crippen molar-refractivity contribution in [3.63, 3.8) is 0 Å². The molecular weight excluding hydrogens is 576 g/mol. The number of nitrogens with one attached hydrogen (secondary N) is 1. The molecule has 0 radical (unpaired) electrons. The van der Waals surface area contributed by atoms with E-state index in [1.165, 1.54) is 4.90 Å². The van der Waals surface area contributed by atoms with Crippen molar-refractivity contribution >= 4 is 33.9 Å². The molecule has 8 nitrogen and oxygen atoms in total. The highest BCUT2D eigenvalue weighted by Crippen LogP contribution is 2.31.